The second-order valence-electron chi connectivity index (χ2n) is 6.11. The van der Waals surface area contributed by atoms with Gasteiger partial charge in [0.1, 0.15) is 24.7 Å². The Morgan fingerprint density at radius 1 is 1.04 bits per heavy atom. The molecule has 1 aliphatic heterocycles. The van der Waals surface area contributed by atoms with Crippen molar-refractivity contribution < 1.29 is 27.5 Å². The first-order chi connectivity index (χ1) is 13.4. The number of carbonyl (C=O) groups is 2. The monoisotopic (exact) mass is 393 g/mol. The summed E-state index contributed by atoms with van der Waals surface area (Å²) < 4.78 is 44.6. The number of ether oxygens (including phenoxy) is 1. The van der Waals surface area contributed by atoms with Crippen LogP contribution in [0.2, 0.25) is 0 Å². The molecule has 1 fully saturated rings. The Balaban J connectivity index is 1.43. The molecule has 0 aromatic heterocycles. The van der Waals surface area contributed by atoms with Gasteiger partial charge in [0.05, 0.1) is 6.54 Å². The number of urea groups is 1. The molecule has 0 radical (unpaired) electrons. The zero-order chi connectivity index (χ0) is 20.1. The third kappa shape index (κ3) is 4.73. The highest BCUT2D eigenvalue weighted by atomic mass is 19.2. The number of rotatable bonds is 7. The maximum absolute atomic E-state index is 13.4. The Morgan fingerprint density at radius 2 is 1.79 bits per heavy atom. The maximum atomic E-state index is 13.4. The lowest BCUT2D eigenvalue weighted by Gasteiger charge is -2.18. The fraction of sp³-hybridized carbons (Fsp3) is 0.263. The smallest absolute Gasteiger partial charge is 0.325 e. The second-order valence-corrected chi connectivity index (χ2v) is 6.11. The normalized spacial score (nSPS) is 13.8. The number of benzene rings is 2. The van der Waals surface area contributed by atoms with Crippen LogP contribution in [0.3, 0.4) is 0 Å². The largest absolute Gasteiger partial charge is 0.492 e. The first-order valence-corrected chi connectivity index (χ1v) is 8.60. The molecule has 9 heteroatoms. The van der Waals surface area contributed by atoms with Crippen LogP contribution in [0.1, 0.15) is 0 Å². The zero-order valence-corrected chi connectivity index (χ0v) is 14.8. The Morgan fingerprint density at radius 3 is 2.50 bits per heavy atom. The van der Waals surface area contributed by atoms with Crippen molar-refractivity contribution >= 4 is 17.6 Å². The van der Waals surface area contributed by atoms with E-state index in [-0.39, 0.29) is 50.2 Å². The summed E-state index contributed by atoms with van der Waals surface area (Å²) >= 11 is 0. The predicted octanol–water partition coefficient (Wildman–Crippen LogP) is 2.54. The third-order valence-corrected chi connectivity index (χ3v) is 4.15. The summed E-state index contributed by atoms with van der Waals surface area (Å²) in [7, 11) is 0. The van der Waals surface area contributed by atoms with Crippen LogP contribution in [0.15, 0.2) is 42.5 Å². The molecule has 0 saturated carbocycles. The summed E-state index contributed by atoms with van der Waals surface area (Å²) in [6, 6.07) is 8.26. The SMILES string of the molecule is O=C(CN1CCN(c2ccc(F)c(F)c2)C1=O)NCCOc1ccc(F)cc1. The molecule has 28 heavy (non-hydrogen) atoms. The average molecular weight is 393 g/mol. The van der Waals surface area contributed by atoms with E-state index in [9.17, 15) is 22.8 Å². The van der Waals surface area contributed by atoms with Crippen LogP contribution in [-0.4, -0.2) is 49.6 Å². The Labute approximate surface area is 159 Å². The lowest BCUT2D eigenvalue weighted by molar-refractivity contribution is -0.121. The molecule has 0 unspecified atom stereocenters. The van der Waals surface area contributed by atoms with Gasteiger partial charge in [0.15, 0.2) is 11.6 Å². The highest BCUT2D eigenvalue weighted by Crippen LogP contribution is 2.22. The first kappa shape index (κ1) is 19.5. The summed E-state index contributed by atoms with van der Waals surface area (Å²) in [6.07, 6.45) is 0. The van der Waals surface area contributed by atoms with Gasteiger partial charge < -0.3 is 15.0 Å². The van der Waals surface area contributed by atoms with E-state index in [2.05, 4.69) is 5.32 Å². The minimum atomic E-state index is -1.04. The van der Waals surface area contributed by atoms with Gasteiger partial charge in [-0.3, -0.25) is 9.69 Å². The first-order valence-electron chi connectivity index (χ1n) is 8.60. The molecule has 1 heterocycles. The summed E-state index contributed by atoms with van der Waals surface area (Å²) in [6.45, 7) is 0.801. The molecule has 0 spiro atoms. The minimum Gasteiger partial charge on any atom is -0.492 e. The van der Waals surface area contributed by atoms with E-state index in [1.54, 1.807) is 0 Å². The van der Waals surface area contributed by atoms with Crippen LogP contribution in [0.4, 0.5) is 23.7 Å². The molecule has 3 amide bonds. The number of anilines is 1. The van der Waals surface area contributed by atoms with Crippen LogP contribution in [0.25, 0.3) is 0 Å². The van der Waals surface area contributed by atoms with Crippen molar-refractivity contribution in [2.45, 2.75) is 0 Å². The summed E-state index contributed by atoms with van der Waals surface area (Å²) in [4.78, 5) is 27.0. The van der Waals surface area contributed by atoms with Crippen molar-refractivity contribution in [2.24, 2.45) is 0 Å². The van der Waals surface area contributed by atoms with Gasteiger partial charge in [0, 0.05) is 24.8 Å². The molecule has 2 aromatic carbocycles. The summed E-state index contributed by atoms with van der Waals surface area (Å²) in [5.41, 5.74) is 0.236. The Hall–Kier alpha value is -3.23. The fourth-order valence-corrected chi connectivity index (χ4v) is 2.74. The van der Waals surface area contributed by atoms with Gasteiger partial charge in [-0.25, -0.2) is 18.0 Å². The van der Waals surface area contributed by atoms with Crippen LogP contribution >= 0.6 is 0 Å². The van der Waals surface area contributed by atoms with Gasteiger partial charge in [-0.15, -0.1) is 0 Å². The van der Waals surface area contributed by atoms with E-state index in [0.29, 0.717) is 5.75 Å². The third-order valence-electron chi connectivity index (χ3n) is 4.15. The van der Waals surface area contributed by atoms with E-state index in [1.807, 2.05) is 0 Å². The van der Waals surface area contributed by atoms with E-state index >= 15 is 0 Å². The van der Waals surface area contributed by atoms with Gasteiger partial charge in [-0.1, -0.05) is 0 Å². The Bertz CT molecular complexity index is 861. The van der Waals surface area contributed by atoms with Crippen molar-refractivity contribution in [3.63, 3.8) is 0 Å². The fourth-order valence-electron chi connectivity index (χ4n) is 2.74. The maximum Gasteiger partial charge on any atom is 0.325 e. The van der Waals surface area contributed by atoms with Gasteiger partial charge in [0.25, 0.3) is 0 Å². The Kier molecular flexibility index (Phi) is 6.03. The van der Waals surface area contributed by atoms with Gasteiger partial charge in [-0.05, 0) is 36.4 Å². The van der Waals surface area contributed by atoms with Crippen molar-refractivity contribution in [1.29, 1.82) is 0 Å². The number of carbonyl (C=O) groups excluding carboxylic acids is 2. The van der Waals surface area contributed by atoms with E-state index in [4.69, 9.17) is 4.74 Å². The average Bonchev–Trinajstić information content (AvgIpc) is 3.03. The number of amides is 3. The van der Waals surface area contributed by atoms with Crippen LogP contribution in [0.5, 0.6) is 5.75 Å². The number of hydrogen-bond acceptors (Lipinski definition) is 3. The van der Waals surface area contributed by atoms with Gasteiger partial charge in [0.2, 0.25) is 5.91 Å². The van der Waals surface area contributed by atoms with E-state index in [1.165, 1.54) is 40.1 Å². The van der Waals surface area contributed by atoms with Gasteiger partial charge >= 0.3 is 6.03 Å². The van der Waals surface area contributed by atoms with Gasteiger partial charge in [-0.2, -0.15) is 0 Å². The second kappa shape index (κ2) is 8.64. The molecule has 0 aliphatic carbocycles. The highest BCUT2D eigenvalue weighted by molar-refractivity contribution is 5.96. The molecule has 0 bridgehead atoms. The number of halogens is 3. The zero-order valence-electron chi connectivity index (χ0n) is 14.8. The van der Waals surface area contributed by atoms with Crippen molar-refractivity contribution in [1.82, 2.24) is 10.2 Å². The summed E-state index contributed by atoms with van der Waals surface area (Å²) in [5.74, 6) is -2.29. The number of nitrogens with one attached hydrogen (secondary N) is 1. The molecule has 1 saturated heterocycles. The number of nitrogens with zero attached hydrogens (tertiary/aromatic N) is 2. The molecule has 1 N–H and O–H groups in total. The van der Waals surface area contributed by atoms with E-state index in [0.717, 1.165) is 12.1 Å². The number of hydrogen-bond donors (Lipinski definition) is 1. The molecule has 1 aliphatic rings. The summed E-state index contributed by atoms with van der Waals surface area (Å²) in [5, 5.41) is 2.62. The van der Waals surface area contributed by atoms with Crippen LogP contribution in [-0.2, 0) is 4.79 Å². The van der Waals surface area contributed by atoms with Crippen molar-refractivity contribution in [3.8, 4) is 5.75 Å². The minimum absolute atomic E-state index is 0.157. The van der Waals surface area contributed by atoms with E-state index < -0.39 is 17.7 Å². The molecule has 2 aromatic rings. The van der Waals surface area contributed by atoms with Crippen LogP contribution in [0, 0.1) is 17.5 Å². The standard InChI is InChI=1S/C19H18F3N3O3/c20-13-1-4-15(5-2-13)28-10-7-23-18(26)12-24-8-9-25(19(24)27)14-3-6-16(21)17(22)11-14/h1-6,11H,7-10,12H2,(H,23,26). The quantitative estimate of drug-likeness (QED) is 0.736. The highest BCUT2D eigenvalue weighted by Gasteiger charge is 2.31. The molecular formula is C19H18F3N3O3. The lowest BCUT2D eigenvalue weighted by Crippen LogP contribution is -2.41. The molecule has 148 valence electrons. The topological polar surface area (TPSA) is 61.9 Å². The molecule has 0 atom stereocenters. The van der Waals surface area contributed by atoms with Crippen LogP contribution < -0.4 is 15.0 Å². The van der Waals surface area contributed by atoms with Crippen molar-refractivity contribution in [3.05, 3.63) is 59.9 Å². The molecular weight excluding hydrogens is 375 g/mol. The molecule has 3 rings (SSSR count). The molecule has 6 nitrogen and oxygen atoms in total. The lowest BCUT2D eigenvalue weighted by atomic mass is 10.3. The van der Waals surface area contributed by atoms with Crippen molar-refractivity contribution in [2.75, 3.05) is 37.7 Å². The predicted molar refractivity (Wildman–Crippen MR) is 95.6 cm³/mol.